The molecule has 29 heavy (non-hydrogen) atoms. The van der Waals surface area contributed by atoms with Crippen LogP contribution >= 0.6 is 35.0 Å². The van der Waals surface area contributed by atoms with Gasteiger partial charge in [-0.05, 0) is 65.9 Å². The first-order valence-corrected chi connectivity index (χ1v) is 10.0. The Labute approximate surface area is 179 Å². The molecule has 0 atom stereocenters. The molecule has 0 bridgehead atoms. The Bertz CT molecular complexity index is 1140. The van der Waals surface area contributed by atoms with Crippen LogP contribution in [0.2, 0.25) is 10.0 Å². The lowest BCUT2D eigenvalue weighted by molar-refractivity contribution is -0.123. The lowest BCUT2D eigenvalue weighted by Gasteiger charge is -2.13. The quantitative estimate of drug-likeness (QED) is 0.421. The van der Waals surface area contributed by atoms with Crippen LogP contribution in [0.5, 0.6) is 0 Å². The number of nitrogens with zero attached hydrogens (tertiary/aromatic N) is 1. The molecule has 3 aromatic rings. The molecule has 0 radical (unpaired) electrons. The van der Waals surface area contributed by atoms with E-state index < -0.39 is 17.0 Å². The highest BCUT2D eigenvalue weighted by Gasteiger charge is 2.35. The zero-order valence-electron chi connectivity index (χ0n) is 14.7. The Morgan fingerprint density at radius 2 is 1.79 bits per heavy atom. The lowest BCUT2D eigenvalue weighted by Crippen LogP contribution is -2.27. The Kier molecular flexibility index (Phi) is 5.50. The predicted molar refractivity (Wildman–Crippen MR) is 112 cm³/mol. The molecule has 2 amide bonds. The molecular formula is C21H12Cl2FNO3S. The number of carbonyl (C=O) groups excluding carboxylic acids is 2. The van der Waals surface area contributed by atoms with Crippen molar-refractivity contribution in [2.45, 2.75) is 6.54 Å². The highest BCUT2D eigenvalue weighted by molar-refractivity contribution is 8.18. The standard InChI is InChI=1S/C21H12Cl2FNO3S/c22-14-4-1-12(2-5-14)18-8-7-16(28-18)10-19-20(26)25(21(27)29-19)11-13-3-6-15(24)9-17(13)23/h1-10H,11H2/b19-10+. The number of thioether (sulfide) groups is 1. The van der Waals surface area contributed by atoms with Gasteiger partial charge in [-0.25, -0.2) is 4.39 Å². The largest absolute Gasteiger partial charge is 0.457 e. The predicted octanol–water partition coefficient (Wildman–Crippen LogP) is 6.63. The lowest BCUT2D eigenvalue weighted by atomic mass is 10.2. The summed E-state index contributed by atoms with van der Waals surface area (Å²) in [6.45, 7) is -0.0324. The van der Waals surface area contributed by atoms with E-state index in [1.165, 1.54) is 18.2 Å². The number of amides is 2. The number of furan rings is 1. The van der Waals surface area contributed by atoms with Crippen LogP contribution in [0.4, 0.5) is 9.18 Å². The molecule has 146 valence electrons. The van der Waals surface area contributed by atoms with Gasteiger partial charge in [-0.1, -0.05) is 29.3 Å². The third-order valence-corrected chi connectivity index (χ3v) is 5.76. The molecular weight excluding hydrogens is 436 g/mol. The molecule has 0 unspecified atom stereocenters. The second kappa shape index (κ2) is 8.06. The number of imide groups is 1. The summed E-state index contributed by atoms with van der Waals surface area (Å²) in [7, 11) is 0. The van der Waals surface area contributed by atoms with Crippen molar-refractivity contribution in [1.29, 1.82) is 0 Å². The fourth-order valence-corrected chi connectivity index (χ4v) is 3.96. The number of hydrogen-bond donors (Lipinski definition) is 0. The summed E-state index contributed by atoms with van der Waals surface area (Å²) in [5.74, 6) is 0.123. The molecule has 1 fully saturated rings. The first-order valence-electron chi connectivity index (χ1n) is 8.46. The maximum Gasteiger partial charge on any atom is 0.293 e. The van der Waals surface area contributed by atoms with Gasteiger partial charge in [-0.3, -0.25) is 14.5 Å². The van der Waals surface area contributed by atoms with E-state index in [9.17, 15) is 14.0 Å². The van der Waals surface area contributed by atoms with Gasteiger partial charge in [-0.2, -0.15) is 0 Å². The fraction of sp³-hybridized carbons (Fsp3) is 0.0476. The maximum atomic E-state index is 13.2. The van der Waals surface area contributed by atoms with Crippen LogP contribution in [0, 0.1) is 5.82 Å². The van der Waals surface area contributed by atoms with Crippen molar-refractivity contribution < 1.29 is 18.4 Å². The summed E-state index contributed by atoms with van der Waals surface area (Å²) in [5, 5.41) is 0.355. The summed E-state index contributed by atoms with van der Waals surface area (Å²) in [5.41, 5.74) is 1.33. The van der Waals surface area contributed by atoms with Gasteiger partial charge in [0.05, 0.1) is 11.4 Å². The van der Waals surface area contributed by atoms with E-state index >= 15 is 0 Å². The normalized spacial score (nSPS) is 15.6. The molecule has 2 aromatic carbocycles. The van der Waals surface area contributed by atoms with Gasteiger partial charge in [0.2, 0.25) is 0 Å². The molecule has 0 saturated carbocycles. The minimum atomic E-state index is -0.484. The van der Waals surface area contributed by atoms with Crippen molar-refractivity contribution in [3.8, 4) is 11.3 Å². The van der Waals surface area contributed by atoms with Crippen molar-refractivity contribution in [1.82, 2.24) is 4.90 Å². The Hall–Kier alpha value is -2.54. The van der Waals surface area contributed by atoms with E-state index in [2.05, 4.69) is 0 Å². The summed E-state index contributed by atoms with van der Waals surface area (Å²) < 4.78 is 19.0. The van der Waals surface area contributed by atoms with Gasteiger partial charge in [0.1, 0.15) is 17.3 Å². The number of hydrogen-bond acceptors (Lipinski definition) is 4. The Morgan fingerprint density at radius 1 is 1.03 bits per heavy atom. The molecule has 1 saturated heterocycles. The van der Waals surface area contributed by atoms with Gasteiger partial charge < -0.3 is 4.42 Å². The summed E-state index contributed by atoms with van der Waals surface area (Å²) in [4.78, 5) is 26.3. The van der Waals surface area contributed by atoms with E-state index in [0.29, 0.717) is 22.1 Å². The third kappa shape index (κ3) is 4.24. The van der Waals surface area contributed by atoms with E-state index in [4.69, 9.17) is 27.6 Å². The Balaban J connectivity index is 1.54. The number of rotatable bonds is 4. The monoisotopic (exact) mass is 447 g/mol. The summed E-state index contributed by atoms with van der Waals surface area (Å²) in [6, 6.07) is 14.5. The molecule has 0 N–H and O–H groups in total. The molecule has 0 aliphatic carbocycles. The highest BCUT2D eigenvalue weighted by Crippen LogP contribution is 2.35. The first-order chi connectivity index (χ1) is 13.9. The minimum Gasteiger partial charge on any atom is -0.457 e. The molecule has 8 heteroatoms. The highest BCUT2D eigenvalue weighted by atomic mass is 35.5. The second-order valence-corrected chi connectivity index (χ2v) is 8.05. The molecule has 4 nitrogen and oxygen atoms in total. The van der Waals surface area contributed by atoms with Gasteiger partial charge in [-0.15, -0.1) is 0 Å². The van der Waals surface area contributed by atoms with Crippen LogP contribution in [-0.2, 0) is 11.3 Å². The number of halogens is 3. The van der Waals surface area contributed by atoms with Crippen LogP contribution in [0.1, 0.15) is 11.3 Å². The average molecular weight is 448 g/mol. The summed E-state index contributed by atoms with van der Waals surface area (Å²) >= 11 is 12.7. The van der Waals surface area contributed by atoms with E-state index in [1.54, 1.807) is 24.3 Å². The smallest absolute Gasteiger partial charge is 0.293 e. The maximum absolute atomic E-state index is 13.2. The third-order valence-electron chi connectivity index (χ3n) is 4.25. The van der Waals surface area contributed by atoms with Crippen molar-refractivity contribution in [3.05, 3.63) is 86.7 Å². The molecule has 2 heterocycles. The molecule has 0 spiro atoms. The zero-order chi connectivity index (χ0) is 20.5. The molecule has 4 rings (SSSR count). The van der Waals surface area contributed by atoms with E-state index in [-0.39, 0.29) is 16.5 Å². The Morgan fingerprint density at radius 3 is 2.52 bits per heavy atom. The number of benzene rings is 2. The van der Waals surface area contributed by atoms with Crippen LogP contribution in [-0.4, -0.2) is 16.0 Å². The van der Waals surface area contributed by atoms with Gasteiger partial charge in [0.15, 0.2) is 0 Å². The van der Waals surface area contributed by atoms with Crippen LogP contribution in [0.25, 0.3) is 17.4 Å². The van der Waals surface area contributed by atoms with Gasteiger partial charge >= 0.3 is 0 Å². The van der Waals surface area contributed by atoms with E-state index in [1.807, 2.05) is 12.1 Å². The molecule has 1 aromatic heterocycles. The van der Waals surface area contributed by atoms with Gasteiger partial charge in [0, 0.05) is 21.7 Å². The van der Waals surface area contributed by atoms with Crippen molar-refractivity contribution in [3.63, 3.8) is 0 Å². The van der Waals surface area contributed by atoms with E-state index in [0.717, 1.165) is 28.3 Å². The topological polar surface area (TPSA) is 50.5 Å². The van der Waals surface area contributed by atoms with Crippen LogP contribution < -0.4 is 0 Å². The fourth-order valence-electron chi connectivity index (χ4n) is 2.79. The van der Waals surface area contributed by atoms with Crippen molar-refractivity contribution in [2.75, 3.05) is 0 Å². The molecule has 1 aliphatic heterocycles. The SMILES string of the molecule is O=C1S/C(=C/c2ccc(-c3ccc(Cl)cc3)o2)C(=O)N1Cc1ccc(F)cc1Cl. The first kappa shape index (κ1) is 19.8. The minimum absolute atomic E-state index is 0.0324. The molecule has 1 aliphatic rings. The average Bonchev–Trinajstić information content (AvgIpc) is 3.25. The van der Waals surface area contributed by atoms with Crippen molar-refractivity contribution in [2.24, 2.45) is 0 Å². The van der Waals surface area contributed by atoms with Crippen LogP contribution in [0.15, 0.2) is 63.9 Å². The second-order valence-electron chi connectivity index (χ2n) is 6.21. The van der Waals surface area contributed by atoms with Crippen molar-refractivity contribution >= 4 is 52.2 Å². The van der Waals surface area contributed by atoms with Gasteiger partial charge in [0.25, 0.3) is 11.1 Å². The van der Waals surface area contributed by atoms with Crippen LogP contribution in [0.3, 0.4) is 0 Å². The summed E-state index contributed by atoms with van der Waals surface area (Å²) in [6.07, 6.45) is 1.52. The number of carbonyl (C=O) groups is 2. The zero-order valence-corrected chi connectivity index (χ0v) is 17.0.